The smallest absolute Gasteiger partial charge is 0.224 e. The zero-order chi connectivity index (χ0) is 17.2. The summed E-state index contributed by atoms with van der Waals surface area (Å²) < 4.78 is 11.1. The minimum Gasteiger partial charge on any atom is -0.493 e. The number of ether oxygens (including phenoxy) is 2. The van der Waals surface area contributed by atoms with E-state index in [0.717, 1.165) is 24.2 Å². The molecule has 0 heterocycles. The summed E-state index contributed by atoms with van der Waals surface area (Å²) in [7, 11) is 3.47. The van der Waals surface area contributed by atoms with Crippen LogP contribution in [0.2, 0.25) is 0 Å². The molecule has 0 radical (unpaired) electrons. The van der Waals surface area contributed by atoms with Gasteiger partial charge in [0.05, 0.1) is 19.8 Å². The van der Waals surface area contributed by atoms with Crippen LogP contribution >= 0.6 is 0 Å². The summed E-state index contributed by atoms with van der Waals surface area (Å²) in [5, 5.41) is 6.04. The lowest BCUT2D eigenvalue weighted by atomic mass is 10.1. The lowest BCUT2D eigenvalue weighted by Gasteiger charge is -2.19. The van der Waals surface area contributed by atoms with E-state index in [4.69, 9.17) is 9.47 Å². The fourth-order valence-corrected chi connectivity index (χ4v) is 2.24. The summed E-state index contributed by atoms with van der Waals surface area (Å²) in [6.07, 6.45) is 2.11. The van der Waals surface area contributed by atoms with Crippen molar-refractivity contribution in [3.8, 4) is 11.5 Å². The van der Waals surface area contributed by atoms with Gasteiger partial charge in [-0.1, -0.05) is 26.3 Å². The van der Waals surface area contributed by atoms with Crippen molar-refractivity contribution in [1.82, 2.24) is 10.6 Å². The van der Waals surface area contributed by atoms with E-state index in [1.54, 1.807) is 7.11 Å². The van der Waals surface area contributed by atoms with Crippen molar-refractivity contribution in [2.24, 2.45) is 5.92 Å². The summed E-state index contributed by atoms with van der Waals surface area (Å²) >= 11 is 0. The number of carbonyl (C=O) groups excluding carboxylic acids is 1. The number of hydrogen-bond donors (Lipinski definition) is 2. The Bertz CT molecular complexity index is 491. The van der Waals surface area contributed by atoms with Gasteiger partial charge in [0.15, 0.2) is 11.5 Å². The number of nitrogens with one attached hydrogen (secondary N) is 2. The van der Waals surface area contributed by atoms with Gasteiger partial charge in [0.2, 0.25) is 5.91 Å². The molecule has 5 heteroatoms. The van der Waals surface area contributed by atoms with E-state index in [0.29, 0.717) is 18.9 Å². The summed E-state index contributed by atoms with van der Waals surface area (Å²) in [6, 6.07) is 5.72. The van der Waals surface area contributed by atoms with Gasteiger partial charge in [0.1, 0.15) is 0 Å². The Hall–Kier alpha value is -1.75. The van der Waals surface area contributed by atoms with E-state index >= 15 is 0 Å². The van der Waals surface area contributed by atoms with Crippen LogP contribution in [-0.4, -0.2) is 33.2 Å². The van der Waals surface area contributed by atoms with Crippen molar-refractivity contribution < 1.29 is 14.3 Å². The second-order valence-corrected chi connectivity index (χ2v) is 5.80. The average Bonchev–Trinajstić information content (AvgIpc) is 2.55. The SMILES string of the molecule is CCCCOc1ccc(C(C)NC(=O)C(C)CNC)cc1OC. The minimum absolute atomic E-state index is 0.0362. The molecular formula is C18H30N2O3. The van der Waals surface area contributed by atoms with Gasteiger partial charge >= 0.3 is 0 Å². The molecule has 2 N–H and O–H groups in total. The first-order chi connectivity index (χ1) is 11.0. The Morgan fingerprint density at radius 1 is 1.26 bits per heavy atom. The maximum absolute atomic E-state index is 12.1. The second-order valence-electron chi connectivity index (χ2n) is 5.80. The quantitative estimate of drug-likeness (QED) is 0.650. The Morgan fingerprint density at radius 2 is 2.00 bits per heavy atom. The normalized spacial score (nSPS) is 13.3. The van der Waals surface area contributed by atoms with E-state index in [1.165, 1.54) is 0 Å². The maximum Gasteiger partial charge on any atom is 0.224 e. The zero-order valence-electron chi connectivity index (χ0n) is 14.9. The van der Waals surface area contributed by atoms with Crippen LogP contribution in [0.25, 0.3) is 0 Å². The predicted octanol–water partition coefficient (Wildman–Crippen LogP) is 2.91. The van der Waals surface area contributed by atoms with Crippen molar-refractivity contribution in [2.45, 2.75) is 39.7 Å². The molecule has 130 valence electrons. The largest absolute Gasteiger partial charge is 0.493 e. The molecule has 1 amide bonds. The minimum atomic E-state index is -0.0830. The summed E-state index contributed by atoms with van der Waals surface area (Å²) in [6.45, 7) is 7.34. The average molecular weight is 322 g/mol. The fraction of sp³-hybridized carbons (Fsp3) is 0.611. The van der Waals surface area contributed by atoms with Gasteiger partial charge in [0.25, 0.3) is 0 Å². The number of unbranched alkanes of at least 4 members (excludes halogenated alkanes) is 1. The van der Waals surface area contributed by atoms with Gasteiger partial charge in [-0.05, 0) is 38.1 Å². The van der Waals surface area contributed by atoms with Gasteiger partial charge in [-0.3, -0.25) is 4.79 Å². The lowest BCUT2D eigenvalue weighted by molar-refractivity contribution is -0.125. The van der Waals surface area contributed by atoms with Crippen molar-refractivity contribution in [2.75, 3.05) is 27.3 Å². The van der Waals surface area contributed by atoms with Crippen LogP contribution in [0.15, 0.2) is 18.2 Å². The molecule has 0 saturated heterocycles. The molecule has 1 aromatic rings. The van der Waals surface area contributed by atoms with E-state index in [2.05, 4.69) is 17.6 Å². The summed E-state index contributed by atoms with van der Waals surface area (Å²) in [5.41, 5.74) is 0.995. The molecule has 0 saturated carbocycles. The molecule has 0 aromatic heterocycles. The number of carbonyl (C=O) groups is 1. The van der Waals surface area contributed by atoms with Gasteiger partial charge in [0, 0.05) is 12.5 Å². The topological polar surface area (TPSA) is 59.6 Å². The van der Waals surface area contributed by atoms with Crippen molar-refractivity contribution in [1.29, 1.82) is 0 Å². The first kappa shape index (κ1) is 19.3. The van der Waals surface area contributed by atoms with Gasteiger partial charge in [-0.2, -0.15) is 0 Å². The number of methoxy groups -OCH3 is 1. The van der Waals surface area contributed by atoms with Crippen LogP contribution in [0.5, 0.6) is 11.5 Å². The second kappa shape index (κ2) is 10.1. The van der Waals surface area contributed by atoms with Crippen LogP contribution in [0, 0.1) is 5.92 Å². The van der Waals surface area contributed by atoms with E-state index in [-0.39, 0.29) is 17.9 Å². The molecule has 2 unspecified atom stereocenters. The first-order valence-electron chi connectivity index (χ1n) is 8.29. The molecule has 1 aromatic carbocycles. The molecular weight excluding hydrogens is 292 g/mol. The third-order valence-electron chi connectivity index (χ3n) is 3.76. The Labute approximate surface area is 139 Å². The molecule has 0 bridgehead atoms. The third-order valence-corrected chi connectivity index (χ3v) is 3.76. The lowest BCUT2D eigenvalue weighted by Crippen LogP contribution is -2.35. The highest BCUT2D eigenvalue weighted by molar-refractivity contribution is 5.79. The summed E-state index contributed by atoms with van der Waals surface area (Å²) in [4.78, 5) is 12.1. The van der Waals surface area contributed by atoms with Gasteiger partial charge < -0.3 is 20.1 Å². The van der Waals surface area contributed by atoms with E-state index in [1.807, 2.05) is 39.1 Å². The molecule has 0 fully saturated rings. The fourth-order valence-electron chi connectivity index (χ4n) is 2.24. The monoisotopic (exact) mass is 322 g/mol. The standard InChI is InChI=1S/C18H30N2O3/c1-6-7-10-23-16-9-8-15(11-17(16)22-5)14(3)20-18(21)13(2)12-19-4/h8-9,11,13-14,19H,6-7,10,12H2,1-5H3,(H,20,21). The van der Waals surface area contributed by atoms with E-state index in [9.17, 15) is 4.79 Å². The Balaban J connectivity index is 2.74. The molecule has 5 nitrogen and oxygen atoms in total. The van der Waals surface area contributed by atoms with Crippen molar-refractivity contribution >= 4 is 5.91 Å². The number of rotatable bonds is 10. The van der Waals surface area contributed by atoms with Crippen LogP contribution in [0.1, 0.15) is 45.2 Å². The number of amides is 1. The van der Waals surface area contributed by atoms with Crippen LogP contribution in [0.4, 0.5) is 0 Å². The third kappa shape index (κ3) is 6.10. The molecule has 0 aliphatic heterocycles. The van der Waals surface area contributed by atoms with Crippen LogP contribution in [-0.2, 0) is 4.79 Å². The number of hydrogen-bond acceptors (Lipinski definition) is 4. The molecule has 0 aliphatic rings. The Kier molecular flexibility index (Phi) is 8.48. The zero-order valence-corrected chi connectivity index (χ0v) is 14.9. The highest BCUT2D eigenvalue weighted by Gasteiger charge is 2.16. The molecule has 1 rings (SSSR count). The van der Waals surface area contributed by atoms with Crippen LogP contribution < -0.4 is 20.1 Å². The predicted molar refractivity (Wildman–Crippen MR) is 93.0 cm³/mol. The van der Waals surface area contributed by atoms with Gasteiger partial charge in [-0.25, -0.2) is 0 Å². The molecule has 23 heavy (non-hydrogen) atoms. The highest BCUT2D eigenvalue weighted by Crippen LogP contribution is 2.30. The van der Waals surface area contributed by atoms with Gasteiger partial charge in [-0.15, -0.1) is 0 Å². The molecule has 0 spiro atoms. The maximum atomic E-state index is 12.1. The first-order valence-corrected chi connectivity index (χ1v) is 8.29. The molecule has 0 aliphatic carbocycles. The number of benzene rings is 1. The Morgan fingerprint density at radius 3 is 2.61 bits per heavy atom. The van der Waals surface area contributed by atoms with E-state index < -0.39 is 0 Å². The summed E-state index contributed by atoms with van der Waals surface area (Å²) in [5.74, 6) is 1.41. The highest BCUT2D eigenvalue weighted by atomic mass is 16.5. The van der Waals surface area contributed by atoms with Crippen molar-refractivity contribution in [3.05, 3.63) is 23.8 Å². The van der Waals surface area contributed by atoms with Crippen LogP contribution in [0.3, 0.4) is 0 Å². The molecule has 2 atom stereocenters. The van der Waals surface area contributed by atoms with Crippen molar-refractivity contribution in [3.63, 3.8) is 0 Å².